The van der Waals surface area contributed by atoms with Crippen LogP contribution in [0.4, 0.5) is 28.4 Å². The maximum absolute atomic E-state index is 6.23. The fraction of sp³-hybridized carbons (Fsp3) is 0.103. The van der Waals surface area contributed by atoms with Gasteiger partial charge in [-0.25, -0.2) is 0 Å². The molecule has 2 aliphatic rings. The molecule has 0 aliphatic carbocycles. The van der Waals surface area contributed by atoms with Gasteiger partial charge >= 0.3 is 0 Å². The van der Waals surface area contributed by atoms with Gasteiger partial charge in [-0.1, -0.05) is 172 Å². The minimum absolute atomic E-state index is 0.0515. The maximum atomic E-state index is 6.23. The smallest absolute Gasteiger partial charge is 0.151 e. The predicted molar refractivity (Wildman–Crippen MR) is 262 cm³/mol. The Bertz CT molecular complexity index is 3010. The van der Waals surface area contributed by atoms with Crippen molar-refractivity contribution in [1.82, 2.24) is 0 Å². The first-order chi connectivity index (χ1) is 29.8. The number of allylic oxidation sites excluding steroid dienone is 3. The van der Waals surface area contributed by atoms with Crippen LogP contribution in [0.1, 0.15) is 61.1 Å². The number of hydrogen-bond donors (Lipinski definition) is 0. The van der Waals surface area contributed by atoms with Crippen LogP contribution in [-0.2, 0) is 5.41 Å². The highest BCUT2D eigenvalue weighted by Gasteiger charge is 2.24. The summed E-state index contributed by atoms with van der Waals surface area (Å²) in [6, 6.07) is 58.9. The number of para-hydroxylation sites is 6. The van der Waals surface area contributed by atoms with Gasteiger partial charge in [0.25, 0.3) is 0 Å². The molecule has 0 radical (unpaired) electrons. The lowest BCUT2D eigenvalue weighted by Crippen LogP contribution is -2.21. The Morgan fingerprint density at radius 3 is 1.72 bits per heavy atom. The van der Waals surface area contributed by atoms with E-state index >= 15 is 0 Å². The fourth-order valence-electron chi connectivity index (χ4n) is 8.91. The first-order valence-electron chi connectivity index (χ1n) is 21.2. The lowest BCUT2D eigenvalue weighted by Gasteiger charge is -2.32. The molecule has 0 fully saturated rings. The summed E-state index contributed by atoms with van der Waals surface area (Å²) in [6.07, 6.45) is 15.7. The van der Waals surface area contributed by atoms with Crippen molar-refractivity contribution in [3.63, 3.8) is 0 Å². The van der Waals surface area contributed by atoms with Gasteiger partial charge in [-0.15, -0.1) is 0 Å². The van der Waals surface area contributed by atoms with Crippen molar-refractivity contribution in [3.05, 3.63) is 215 Å². The van der Waals surface area contributed by atoms with Gasteiger partial charge in [-0.05, 0) is 127 Å². The summed E-state index contributed by atoms with van der Waals surface area (Å²) < 4.78 is 6.23. The highest BCUT2D eigenvalue weighted by molar-refractivity contribution is 6.09. The maximum Gasteiger partial charge on any atom is 0.151 e. The number of anilines is 5. The predicted octanol–water partition coefficient (Wildman–Crippen LogP) is 16.3. The number of benzene rings is 8. The van der Waals surface area contributed by atoms with Crippen LogP contribution in [0.25, 0.3) is 51.4 Å². The van der Waals surface area contributed by atoms with Gasteiger partial charge in [-0.2, -0.15) is 0 Å². The minimum Gasteiger partial charge on any atom is -0.453 e. The van der Waals surface area contributed by atoms with Crippen molar-refractivity contribution < 1.29 is 4.74 Å². The molecule has 3 nitrogen and oxygen atoms in total. The van der Waals surface area contributed by atoms with E-state index in [2.05, 4.69) is 220 Å². The summed E-state index contributed by atoms with van der Waals surface area (Å²) in [4.78, 5) is 4.72. The average Bonchev–Trinajstić information content (AvgIpc) is 3.46. The number of nitrogens with zero attached hydrogens (tertiary/aromatic N) is 2. The Morgan fingerprint density at radius 1 is 0.557 bits per heavy atom. The lowest BCUT2D eigenvalue weighted by atomic mass is 9.80. The minimum atomic E-state index is -0.0515. The van der Waals surface area contributed by atoms with E-state index in [1.807, 2.05) is 24.3 Å². The van der Waals surface area contributed by atoms with Crippen LogP contribution < -0.4 is 14.5 Å². The molecule has 2 heterocycles. The second-order valence-corrected chi connectivity index (χ2v) is 16.9. The van der Waals surface area contributed by atoms with Crippen LogP contribution in [0.15, 0.2) is 182 Å². The van der Waals surface area contributed by atoms with E-state index in [4.69, 9.17) is 4.74 Å². The Kier molecular flexibility index (Phi) is 9.73. The SMILES string of the molecule is C/C=C(\C=C/CN1c2ccccc2Oc2ccccc21)c1ccc(/C=C/c2ccc3c(ccc4cc(N5c6ccccc6C=Cc6ccccc65)ccc43)c2)cc1C(C)(C)C. The average molecular weight is 789 g/mol. The van der Waals surface area contributed by atoms with Crippen molar-refractivity contribution in [2.24, 2.45) is 0 Å². The molecule has 0 bridgehead atoms. The first kappa shape index (κ1) is 37.9. The molecule has 0 saturated heterocycles. The molecule has 0 spiro atoms. The van der Waals surface area contributed by atoms with E-state index in [9.17, 15) is 0 Å². The Hall–Kier alpha value is -7.36. The van der Waals surface area contributed by atoms with Crippen LogP contribution in [0.3, 0.4) is 0 Å². The molecule has 2 aliphatic heterocycles. The lowest BCUT2D eigenvalue weighted by molar-refractivity contribution is 0.474. The van der Waals surface area contributed by atoms with Gasteiger partial charge in [0.15, 0.2) is 11.5 Å². The van der Waals surface area contributed by atoms with Gasteiger partial charge in [0.2, 0.25) is 0 Å². The van der Waals surface area contributed by atoms with Crippen LogP contribution in [0, 0.1) is 0 Å². The van der Waals surface area contributed by atoms with Crippen LogP contribution in [-0.4, -0.2) is 6.54 Å². The number of hydrogen-bond acceptors (Lipinski definition) is 3. The molecule has 8 aromatic rings. The van der Waals surface area contributed by atoms with Crippen molar-refractivity contribution in [1.29, 1.82) is 0 Å². The van der Waals surface area contributed by atoms with E-state index in [1.54, 1.807) is 0 Å². The summed E-state index contributed by atoms with van der Waals surface area (Å²) in [5.41, 5.74) is 14.2. The van der Waals surface area contributed by atoms with E-state index in [1.165, 1.54) is 71.9 Å². The normalized spacial score (nSPS) is 13.6. The molecule has 61 heavy (non-hydrogen) atoms. The summed E-state index contributed by atoms with van der Waals surface area (Å²) in [5.74, 6) is 1.76. The zero-order chi connectivity index (χ0) is 41.5. The van der Waals surface area contributed by atoms with Crippen LogP contribution >= 0.6 is 0 Å². The first-order valence-corrected chi connectivity index (χ1v) is 21.2. The van der Waals surface area contributed by atoms with Crippen LogP contribution in [0.5, 0.6) is 11.5 Å². The molecular formula is C58H48N2O. The molecule has 0 saturated carbocycles. The Morgan fingerprint density at radius 2 is 1.10 bits per heavy atom. The monoisotopic (exact) mass is 788 g/mol. The standard InChI is InChI=1S/C58H48N2O/c1-5-42(17-14-36-59-54-20-10-12-22-56(54)61-57-23-13-11-21-55(57)59)50-34-27-41(38-51(50)58(2,3)4)25-24-40-26-33-48-45(37-40)30-31-46-39-47(32-35-49(46)48)60-52-18-8-6-15-43(52)28-29-44-16-7-9-19-53(44)60/h5-35,37-39H,36H2,1-4H3/b17-14-,25-24+,42-5+. The number of fused-ring (bicyclic) bond motifs is 7. The van der Waals surface area contributed by atoms with Crippen molar-refractivity contribution in [2.45, 2.75) is 33.1 Å². The topological polar surface area (TPSA) is 15.7 Å². The molecule has 0 unspecified atom stereocenters. The van der Waals surface area contributed by atoms with Gasteiger partial charge in [0.05, 0.1) is 22.7 Å². The Labute approximate surface area is 359 Å². The zero-order valence-corrected chi connectivity index (χ0v) is 35.1. The zero-order valence-electron chi connectivity index (χ0n) is 35.1. The molecular weight excluding hydrogens is 741 g/mol. The summed E-state index contributed by atoms with van der Waals surface area (Å²) in [6.45, 7) is 9.77. The number of rotatable bonds is 7. The second kappa shape index (κ2) is 15.7. The molecule has 296 valence electrons. The van der Waals surface area contributed by atoms with Crippen LogP contribution in [0.2, 0.25) is 0 Å². The quantitative estimate of drug-likeness (QED) is 0.0909. The second-order valence-electron chi connectivity index (χ2n) is 16.9. The molecule has 0 aromatic heterocycles. The molecule has 10 rings (SSSR count). The Balaban J connectivity index is 0.908. The van der Waals surface area contributed by atoms with Gasteiger partial charge in [-0.3, -0.25) is 0 Å². The molecule has 0 atom stereocenters. The molecule has 8 aromatic carbocycles. The molecule has 0 N–H and O–H groups in total. The molecule has 0 amide bonds. The highest BCUT2D eigenvalue weighted by atomic mass is 16.5. The highest BCUT2D eigenvalue weighted by Crippen LogP contribution is 2.47. The van der Waals surface area contributed by atoms with Crippen molar-refractivity contribution in [2.75, 3.05) is 16.3 Å². The summed E-state index contributed by atoms with van der Waals surface area (Å²) >= 11 is 0. The van der Waals surface area contributed by atoms with Gasteiger partial charge in [0.1, 0.15) is 0 Å². The van der Waals surface area contributed by atoms with E-state index in [-0.39, 0.29) is 5.41 Å². The van der Waals surface area contributed by atoms with E-state index < -0.39 is 0 Å². The molecule has 3 heteroatoms. The van der Waals surface area contributed by atoms with Crippen molar-refractivity contribution >= 4 is 79.9 Å². The van der Waals surface area contributed by atoms with Gasteiger partial charge < -0.3 is 14.5 Å². The third kappa shape index (κ3) is 7.23. The number of ether oxygens (including phenoxy) is 1. The van der Waals surface area contributed by atoms with Gasteiger partial charge in [0, 0.05) is 12.2 Å². The summed E-state index contributed by atoms with van der Waals surface area (Å²) in [7, 11) is 0. The third-order valence-electron chi connectivity index (χ3n) is 12.0. The third-order valence-corrected chi connectivity index (χ3v) is 12.0. The van der Waals surface area contributed by atoms with E-state index in [0.29, 0.717) is 0 Å². The van der Waals surface area contributed by atoms with E-state index in [0.717, 1.165) is 35.1 Å². The summed E-state index contributed by atoms with van der Waals surface area (Å²) in [5, 5.41) is 4.97. The fourth-order valence-corrected chi connectivity index (χ4v) is 8.91. The largest absolute Gasteiger partial charge is 0.453 e. The van der Waals surface area contributed by atoms with Crippen molar-refractivity contribution in [3.8, 4) is 11.5 Å².